The van der Waals surface area contributed by atoms with Gasteiger partial charge in [0, 0.05) is 25.7 Å². The van der Waals surface area contributed by atoms with Crippen LogP contribution in [-0.4, -0.2) is 96.7 Å². The average molecular weight is 1420 g/mol. The van der Waals surface area contributed by atoms with Gasteiger partial charge >= 0.3 is 39.5 Å². The molecule has 0 rings (SSSR count). The molecule has 0 saturated carbocycles. The van der Waals surface area contributed by atoms with E-state index in [0.717, 1.165) is 114 Å². The minimum absolute atomic E-state index is 0.106. The first-order valence-electron chi connectivity index (χ1n) is 40.2. The number of hydrogen-bond donors (Lipinski definition) is 3. The topological polar surface area (TPSA) is 237 Å². The second-order valence-corrected chi connectivity index (χ2v) is 32.9. The van der Waals surface area contributed by atoms with Gasteiger partial charge in [-0.2, -0.15) is 0 Å². The fourth-order valence-corrected chi connectivity index (χ4v) is 13.5. The Bertz CT molecular complexity index is 1900. The molecule has 5 atom stereocenters. The van der Waals surface area contributed by atoms with Crippen molar-refractivity contribution in [3.05, 3.63) is 0 Å². The average Bonchev–Trinajstić information content (AvgIpc) is 2.02. The van der Waals surface area contributed by atoms with Crippen LogP contribution in [0.2, 0.25) is 0 Å². The molecule has 0 aliphatic carbocycles. The van der Waals surface area contributed by atoms with E-state index in [9.17, 15) is 43.2 Å². The number of aliphatic hydroxyl groups excluding tert-OH is 1. The van der Waals surface area contributed by atoms with E-state index < -0.39 is 97.5 Å². The molecule has 0 spiro atoms. The molecule has 19 heteroatoms. The molecule has 17 nitrogen and oxygen atoms in total. The Hall–Kier alpha value is -1.94. The zero-order chi connectivity index (χ0) is 71.7. The van der Waals surface area contributed by atoms with Crippen LogP contribution in [0.5, 0.6) is 0 Å². The van der Waals surface area contributed by atoms with E-state index in [0.29, 0.717) is 25.7 Å². The third-order valence-corrected chi connectivity index (χ3v) is 20.0. The zero-order valence-electron chi connectivity index (χ0n) is 63.7. The Balaban J connectivity index is 5.27. The summed E-state index contributed by atoms with van der Waals surface area (Å²) >= 11 is 0. The summed E-state index contributed by atoms with van der Waals surface area (Å²) in [7, 11) is -9.92. The highest BCUT2D eigenvalue weighted by Gasteiger charge is 2.30. The molecule has 576 valence electrons. The molecule has 0 amide bonds. The standard InChI is InChI=1S/C78H152O17P2/c1-68(2)54-46-38-30-22-16-11-9-13-19-25-34-42-50-58-75(80)88-64-73(94-77(82)60-52-44-36-26-20-14-10-12-17-23-31-39-47-55-69(3)4)66-92-96(84,85)90-62-72(79)63-91-97(86,87)93-67-74(65-89-76(81)59-51-43-35-29-28-33-41-49-57-71(7)8)95-78(83)61-53-45-37-27-21-15-18-24-32-40-48-56-70(5)6/h68-74,79H,9-67H2,1-8H3,(H,84,85)(H,86,87)/t72-,73-,74-/m1/s1. The van der Waals surface area contributed by atoms with Gasteiger partial charge in [0.1, 0.15) is 19.3 Å². The summed E-state index contributed by atoms with van der Waals surface area (Å²) in [5, 5.41) is 10.6. The van der Waals surface area contributed by atoms with Gasteiger partial charge in [-0.1, -0.05) is 344 Å². The van der Waals surface area contributed by atoms with Gasteiger partial charge in [0.05, 0.1) is 26.4 Å². The first-order valence-corrected chi connectivity index (χ1v) is 43.2. The number of ether oxygens (including phenoxy) is 4. The summed E-state index contributed by atoms with van der Waals surface area (Å²) in [6.45, 7) is 14.2. The molecule has 0 saturated heterocycles. The lowest BCUT2D eigenvalue weighted by Crippen LogP contribution is -2.30. The van der Waals surface area contributed by atoms with Crippen LogP contribution in [0.25, 0.3) is 0 Å². The van der Waals surface area contributed by atoms with Gasteiger partial charge in [0.25, 0.3) is 0 Å². The minimum atomic E-state index is -4.96. The molecular weight excluding hydrogens is 1270 g/mol. The van der Waals surface area contributed by atoms with Gasteiger partial charge in [0.2, 0.25) is 0 Å². The van der Waals surface area contributed by atoms with Crippen molar-refractivity contribution in [1.29, 1.82) is 0 Å². The van der Waals surface area contributed by atoms with E-state index in [4.69, 9.17) is 37.0 Å². The van der Waals surface area contributed by atoms with E-state index in [1.807, 2.05) is 0 Å². The molecule has 0 aromatic heterocycles. The summed E-state index contributed by atoms with van der Waals surface area (Å²) in [5.74, 6) is 0.952. The van der Waals surface area contributed by atoms with Crippen LogP contribution in [0, 0.1) is 23.7 Å². The second-order valence-electron chi connectivity index (χ2n) is 30.0. The lowest BCUT2D eigenvalue weighted by Gasteiger charge is -2.21. The highest BCUT2D eigenvalue weighted by molar-refractivity contribution is 7.47. The molecule has 0 radical (unpaired) electrons. The van der Waals surface area contributed by atoms with Crippen LogP contribution in [0.3, 0.4) is 0 Å². The lowest BCUT2D eigenvalue weighted by atomic mass is 10.0. The molecule has 0 heterocycles. The Labute approximate surface area is 594 Å². The molecule has 0 aromatic carbocycles. The molecule has 3 N–H and O–H groups in total. The maximum absolute atomic E-state index is 13.1. The van der Waals surface area contributed by atoms with Gasteiger partial charge in [-0.25, -0.2) is 9.13 Å². The summed E-state index contributed by atoms with van der Waals surface area (Å²) in [5.41, 5.74) is 0. The maximum Gasteiger partial charge on any atom is 0.472 e. The smallest absolute Gasteiger partial charge is 0.462 e. The molecule has 0 fully saturated rings. The molecule has 0 bridgehead atoms. The van der Waals surface area contributed by atoms with Gasteiger partial charge in [-0.15, -0.1) is 0 Å². The summed E-state index contributed by atoms with van der Waals surface area (Å²) in [4.78, 5) is 72.9. The Morgan fingerprint density at radius 1 is 0.258 bits per heavy atom. The van der Waals surface area contributed by atoms with E-state index >= 15 is 0 Å². The monoisotopic (exact) mass is 1420 g/mol. The number of carbonyl (C=O) groups excluding carboxylic acids is 4. The number of aliphatic hydroxyl groups is 1. The number of unbranched alkanes of at least 4 members (excludes halogenated alkanes) is 41. The van der Waals surface area contributed by atoms with Crippen molar-refractivity contribution in [2.75, 3.05) is 39.6 Å². The molecular formula is C78H152O17P2. The fourth-order valence-electron chi connectivity index (χ4n) is 11.9. The van der Waals surface area contributed by atoms with Crippen molar-refractivity contribution in [1.82, 2.24) is 0 Å². The van der Waals surface area contributed by atoms with Crippen molar-refractivity contribution in [2.24, 2.45) is 23.7 Å². The zero-order valence-corrected chi connectivity index (χ0v) is 65.5. The number of hydrogen-bond acceptors (Lipinski definition) is 15. The summed E-state index contributed by atoms with van der Waals surface area (Å²) in [6, 6.07) is 0. The highest BCUT2D eigenvalue weighted by Crippen LogP contribution is 2.45. The molecule has 0 aromatic rings. The van der Waals surface area contributed by atoms with Crippen LogP contribution < -0.4 is 0 Å². The number of phosphoric acid groups is 2. The van der Waals surface area contributed by atoms with Crippen molar-refractivity contribution in [2.45, 2.75) is 414 Å². The summed E-state index contributed by atoms with van der Waals surface area (Å²) in [6.07, 6.45) is 52.7. The SMILES string of the molecule is CC(C)CCCCCCCCCCCCCCCC(=O)OC[C@H](COP(=O)(O)OC[C@@H](O)COP(=O)(O)OC[C@@H](COC(=O)CCCCCCCCCCC(C)C)OC(=O)CCCCCCCCCCCCCC(C)C)OC(=O)CCCCCCCCCCCCCCCC(C)C. The first-order chi connectivity index (χ1) is 46.6. The van der Waals surface area contributed by atoms with Gasteiger partial charge in [0.15, 0.2) is 12.2 Å². The van der Waals surface area contributed by atoms with Crippen molar-refractivity contribution < 1.29 is 80.2 Å². The quantitative estimate of drug-likeness (QED) is 0.0222. The van der Waals surface area contributed by atoms with E-state index in [1.54, 1.807) is 0 Å². The van der Waals surface area contributed by atoms with Crippen molar-refractivity contribution in [3.63, 3.8) is 0 Å². The van der Waals surface area contributed by atoms with Crippen molar-refractivity contribution in [3.8, 4) is 0 Å². The van der Waals surface area contributed by atoms with Crippen LogP contribution in [0.4, 0.5) is 0 Å². The van der Waals surface area contributed by atoms with Crippen LogP contribution >= 0.6 is 15.6 Å². The number of phosphoric ester groups is 2. The fraction of sp³-hybridized carbons (Fsp3) is 0.949. The van der Waals surface area contributed by atoms with Gasteiger partial charge in [-0.05, 0) is 49.4 Å². The maximum atomic E-state index is 13.1. The third kappa shape index (κ3) is 72.2. The molecule has 97 heavy (non-hydrogen) atoms. The Kier molecular flexibility index (Phi) is 65.9. The molecule has 0 aliphatic rings. The largest absolute Gasteiger partial charge is 0.472 e. The lowest BCUT2D eigenvalue weighted by molar-refractivity contribution is -0.161. The van der Waals surface area contributed by atoms with E-state index in [-0.39, 0.29) is 25.7 Å². The highest BCUT2D eigenvalue weighted by atomic mass is 31.2. The molecule has 0 aliphatic heterocycles. The number of carbonyl (C=O) groups is 4. The van der Waals surface area contributed by atoms with Crippen LogP contribution in [0.15, 0.2) is 0 Å². The van der Waals surface area contributed by atoms with Crippen LogP contribution in [0.1, 0.15) is 396 Å². The normalized spacial score (nSPS) is 14.1. The number of esters is 4. The van der Waals surface area contributed by atoms with E-state index in [1.165, 1.54) is 199 Å². The number of rotatable bonds is 75. The summed E-state index contributed by atoms with van der Waals surface area (Å²) < 4.78 is 68.6. The van der Waals surface area contributed by atoms with Crippen LogP contribution in [-0.2, 0) is 65.4 Å². The Morgan fingerprint density at radius 3 is 0.639 bits per heavy atom. The van der Waals surface area contributed by atoms with Gasteiger partial charge < -0.3 is 33.8 Å². The minimum Gasteiger partial charge on any atom is -0.462 e. The Morgan fingerprint density at radius 2 is 0.433 bits per heavy atom. The third-order valence-electron chi connectivity index (χ3n) is 18.1. The van der Waals surface area contributed by atoms with Gasteiger partial charge in [-0.3, -0.25) is 37.3 Å². The predicted octanol–water partition coefficient (Wildman–Crippen LogP) is 22.8. The van der Waals surface area contributed by atoms with Crippen molar-refractivity contribution >= 4 is 39.5 Å². The molecule has 2 unspecified atom stereocenters. The van der Waals surface area contributed by atoms with E-state index in [2.05, 4.69) is 55.4 Å². The first kappa shape index (κ1) is 95.1. The second kappa shape index (κ2) is 67.2. The predicted molar refractivity (Wildman–Crippen MR) is 395 cm³/mol.